The second kappa shape index (κ2) is 9.51. The van der Waals surface area contributed by atoms with Crippen molar-refractivity contribution < 1.29 is 9.47 Å². The third-order valence-electron chi connectivity index (χ3n) is 8.00. The Morgan fingerprint density at radius 1 is 1.15 bits per heavy atom. The number of hydrogen-bond donors (Lipinski definition) is 1. The zero-order chi connectivity index (χ0) is 22.8. The van der Waals surface area contributed by atoms with Crippen molar-refractivity contribution in [3.05, 3.63) is 59.7 Å². The molecule has 0 radical (unpaired) electrons. The lowest BCUT2D eigenvalue weighted by Gasteiger charge is -2.48. The quantitative estimate of drug-likeness (QED) is 0.592. The molecule has 2 aromatic carbocycles. The minimum absolute atomic E-state index is 0.124. The van der Waals surface area contributed by atoms with Gasteiger partial charge in [0.25, 0.3) is 0 Å². The van der Waals surface area contributed by atoms with Gasteiger partial charge in [-0.15, -0.1) is 0 Å². The van der Waals surface area contributed by atoms with Crippen LogP contribution in [0.1, 0.15) is 56.6 Å². The second-order valence-electron chi connectivity index (χ2n) is 9.76. The molecule has 2 heterocycles. The Morgan fingerprint density at radius 3 is 2.76 bits per heavy atom. The van der Waals surface area contributed by atoms with E-state index >= 15 is 0 Å². The average Bonchev–Trinajstić information content (AvgIpc) is 3.45. The standard InChI is InChI=1S/C27H35N3O2S/c1-2-3-14-30(26(28)33)22-11-12-27(21-9-10-23-24(16-21)32-19-31-23)13-15-29(25(27)17-22)18-20-7-5-4-6-8-20/h4-10,16,22,25H,2-3,11-15,17-19H2,1H3,(H2,28,33)/t22-,25+,27+/m1/s1. The van der Waals surface area contributed by atoms with Crippen LogP contribution in [0.3, 0.4) is 0 Å². The van der Waals surface area contributed by atoms with E-state index in [0.717, 1.165) is 63.2 Å². The second-order valence-corrected chi connectivity index (χ2v) is 10.2. The summed E-state index contributed by atoms with van der Waals surface area (Å²) in [4.78, 5) is 5.01. The van der Waals surface area contributed by atoms with Crippen LogP contribution in [-0.4, -0.2) is 46.9 Å². The first kappa shape index (κ1) is 22.5. The van der Waals surface area contributed by atoms with E-state index in [9.17, 15) is 0 Å². The largest absolute Gasteiger partial charge is 0.454 e. The third-order valence-corrected chi connectivity index (χ3v) is 8.23. The van der Waals surface area contributed by atoms with Crippen molar-refractivity contribution in [2.45, 2.75) is 69.5 Å². The first-order valence-electron chi connectivity index (χ1n) is 12.3. The van der Waals surface area contributed by atoms with Crippen molar-refractivity contribution in [1.82, 2.24) is 9.80 Å². The highest BCUT2D eigenvalue weighted by Crippen LogP contribution is 2.51. The first-order chi connectivity index (χ1) is 16.1. The van der Waals surface area contributed by atoms with Crippen LogP contribution in [0.4, 0.5) is 0 Å². The van der Waals surface area contributed by atoms with Gasteiger partial charge in [-0.1, -0.05) is 49.7 Å². The topological polar surface area (TPSA) is 51.0 Å². The zero-order valence-corrected chi connectivity index (χ0v) is 20.4. The first-order valence-corrected chi connectivity index (χ1v) is 12.8. The van der Waals surface area contributed by atoms with Gasteiger partial charge in [0.2, 0.25) is 6.79 Å². The van der Waals surface area contributed by atoms with E-state index < -0.39 is 0 Å². The highest BCUT2D eigenvalue weighted by atomic mass is 32.1. The van der Waals surface area contributed by atoms with Gasteiger partial charge in [-0.3, -0.25) is 4.90 Å². The van der Waals surface area contributed by atoms with Gasteiger partial charge >= 0.3 is 0 Å². The molecule has 0 spiro atoms. The molecule has 1 saturated heterocycles. The maximum absolute atomic E-state index is 6.22. The average molecular weight is 466 g/mol. The predicted octanol–water partition coefficient (Wildman–Crippen LogP) is 4.83. The molecule has 2 N–H and O–H groups in total. The third kappa shape index (κ3) is 4.31. The number of nitrogens with zero attached hydrogens (tertiary/aromatic N) is 2. The highest BCUT2D eigenvalue weighted by Gasteiger charge is 2.52. The van der Waals surface area contributed by atoms with E-state index in [0.29, 0.717) is 24.0 Å². The van der Waals surface area contributed by atoms with Crippen molar-refractivity contribution in [2.24, 2.45) is 5.73 Å². The van der Waals surface area contributed by atoms with Crippen LogP contribution in [0.2, 0.25) is 0 Å². The minimum Gasteiger partial charge on any atom is -0.454 e. The van der Waals surface area contributed by atoms with Crippen LogP contribution < -0.4 is 15.2 Å². The summed E-state index contributed by atoms with van der Waals surface area (Å²) in [6.07, 6.45) is 6.78. The van der Waals surface area contributed by atoms with Gasteiger partial charge in [0.1, 0.15) is 0 Å². The molecule has 1 saturated carbocycles. The molecular weight excluding hydrogens is 430 g/mol. The Morgan fingerprint density at radius 2 is 1.97 bits per heavy atom. The van der Waals surface area contributed by atoms with Crippen LogP contribution in [0.25, 0.3) is 0 Å². The SMILES string of the molecule is CCCCN(C(N)=S)[C@@H]1CC[C@@]2(c3ccc4c(c3)OCO4)CCN(Cc3ccccc3)[C@H]2C1. The van der Waals surface area contributed by atoms with E-state index in [1.165, 1.54) is 17.5 Å². The van der Waals surface area contributed by atoms with Crippen LogP contribution in [0.5, 0.6) is 11.5 Å². The summed E-state index contributed by atoms with van der Waals surface area (Å²) in [7, 11) is 0. The molecule has 6 heteroatoms. The molecule has 0 unspecified atom stereocenters. The lowest BCUT2D eigenvalue weighted by Crippen LogP contribution is -2.54. The van der Waals surface area contributed by atoms with Crippen LogP contribution in [0.15, 0.2) is 48.5 Å². The van der Waals surface area contributed by atoms with Crippen molar-refractivity contribution in [3.63, 3.8) is 0 Å². The van der Waals surface area contributed by atoms with Gasteiger partial charge in [-0.2, -0.15) is 0 Å². The van der Waals surface area contributed by atoms with Gasteiger partial charge in [0.05, 0.1) is 0 Å². The number of hydrogen-bond acceptors (Lipinski definition) is 4. The molecule has 3 aliphatic rings. The Hall–Kier alpha value is -2.31. The Balaban J connectivity index is 1.46. The van der Waals surface area contributed by atoms with Crippen LogP contribution in [0, 0.1) is 0 Å². The van der Waals surface area contributed by atoms with Gasteiger partial charge in [-0.05, 0) is 74.1 Å². The molecule has 2 fully saturated rings. The van der Waals surface area contributed by atoms with E-state index in [-0.39, 0.29) is 5.41 Å². The van der Waals surface area contributed by atoms with E-state index in [1.807, 2.05) is 0 Å². The molecule has 33 heavy (non-hydrogen) atoms. The summed E-state index contributed by atoms with van der Waals surface area (Å²) < 4.78 is 11.3. The molecule has 5 rings (SSSR count). The molecule has 0 amide bonds. The maximum Gasteiger partial charge on any atom is 0.231 e. The summed E-state index contributed by atoms with van der Waals surface area (Å²) in [5.74, 6) is 1.75. The molecular formula is C27H35N3O2S. The Kier molecular flexibility index (Phi) is 6.48. The number of likely N-dealkylation sites (tertiary alicyclic amines) is 1. The van der Waals surface area contributed by atoms with Gasteiger partial charge in [-0.25, -0.2) is 0 Å². The number of thiocarbonyl (C=S) groups is 1. The highest BCUT2D eigenvalue weighted by molar-refractivity contribution is 7.80. The molecule has 1 aliphatic carbocycles. The van der Waals surface area contributed by atoms with E-state index in [4.69, 9.17) is 27.4 Å². The number of fused-ring (bicyclic) bond motifs is 2. The lowest BCUT2D eigenvalue weighted by atomic mass is 9.64. The predicted molar refractivity (Wildman–Crippen MR) is 136 cm³/mol. The zero-order valence-electron chi connectivity index (χ0n) is 19.5. The minimum atomic E-state index is 0.124. The van der Waals surface area contributed by atoms with Crippen molar-refractivity contribution in [2.75, 3.05) is 19.9 Å². The monoisotopic (exact) mass is 465 g/mol. The van der Waals surface area contributed by atoms with Gasteiger partial charge in [0, 0.05) is 30.6 Å². The molecule has 0 aromatic heterocycles. The Labute approximate surface area is 202 Å². The number of unbranched alkanes of at least 4 members (excludes halogenated alkanes) is 1. The van der Waals surface area contributed by atoms with Crippen molar-refractivity contribution in [3.8, 4) is 11.5 Å². The number of benzene rings is 2. The summed E-state index contributed by atoms with van der Waals surface area (Å²) in [6.45, 7) is 5.58. The van der Waals surface area contributed by atoms with Gasteiger partial charge < -0.3 is 20.1 Å². The van der Waals surface area contributed by atoms with Crippen molar-refractivity contribution in [1.29, 1.82) is 0 Å². The molecule has 3 atom stereocenters. The number of nitrogens with two attached hydrogens (primary N) is 1. The molecule has 176 valence electrons. The fraction of sp³-hybridized carbons (Fsp3) is 0.519. The van der Waals surface area contributed by atoms with Crippen LogP contribution in [-0.2, 0) is 12.0 Å². The van der Waals surface area contributed by atoms with Gasteiger partial charge in [0.15, 0.2) is 16.6 Å². The lowest BCUT2D eigenvalue weighted by molar-refractivity contribution is 0.0993. The van der Waals surface area contributed by atoms with Crippen LogP contribution >= 0.6 is 12.2 Å². The fourth-order valence-corrected chi connectivity index (χ4v) is 6.50. The number of ether oxygens (including phenoxy) is 2. The summed E-state index contributed by atoms with van der Waals surface area (Å²) in [5, 5.41) is 0.552. The maximum atomic E-state index is 6.22. The normalized spacial score (nSPS) is 26.2. The molecule has 0 bridgehead atoms. The molecule has 5 nitrogen and oxygen atoms in total. The fourth-order valence-electron chi connectivity index (χ4n) is 6.26. The summed E-state index contributed by atoms with van der Waals surface area (Å²) in [6, 6.07) is 18.3. The Bertz CT molecular complexity index is 985. The molecule has 2 aromatic rings. The smallest absolute Gasteiger partial charge is 0.231 e. The van der Waals surface area contributed by atoms with Crippen molar-refractivity contribution >= 4 is 17.3 Å². The van der Waals surface area contributed by atoms with E-state index in [1.54, 1.807) is 0 Å². The molecule has 2 aliphatic heterocycles. The summed E-state index contributed by atoms with van der Waals surface area (Å²) in [5.41, 5.74) is 9.11. The van der Waals surface area contributed by atoms with E-state index in [2.05, 4.69) is 65.3 Å². The number of rotatable bonds is 7. The summed E-state index contributed by atoms with van der Waals surface area (Å²) >= 11 is 5.50.